The number of amides is 1. The molecular formula is C17H21N3O2. The van der Waals surface area contributed by atoms with Gasteiger partial charge in [-0.1, -0.05) is 30.3 Å². The number of nitrogens with zero attached hydrogens (tertiary/aromatic N) is 2. The maximum absolute atomic E-state index is 12.4. The second-order valence-corrected chi connectivity index (χ2v) is 5.56. The molecular weight excluding hydrogens is 278 g/mol. The molecule has 0 aliphatic rings. The maximum Gasteiger partial charge on any atom is 0.252 e. The second-order valence-electron chi connectivity index (χ2n) is 5.56. The molecule has 1 amide bonds. The van der Waals surface area contributed by atoms with Crippen molar-refractivity contribution >= 4 is 5.91 Å². The van der Waals surface area contributed by atoms with Crippen LogP contribution in [0.3, 0.4) is 0 Å². The van der Waals surface area contributed by atoms with Gasteiger partial charge < -0.3 is 14.8 Å². The molecule has 1 N–H and O–H groups in total. The monoisotopic (exact) mass is 299 g/mol. The lowest BCUT2D eigenvalue weighted by molar-refractivity contribution is 0.0929. The number of carbonyl (C=O) groups excluding carboxylic acids is 1. The normalized spacial score (nSPS) is 12.2. The van der Waals surface area contributed by atoms with Crippen LogP contribution >= 0.6 is 0 Å². The largest absolute Gasteiger partial charge is 0.344 e. The minimum Gasteiger partial charge on any atom is -0.344 e. The molecule has 116 valence electrons. The van der Waals surface area contributed by atoms with E-state index in [2.05, 4.69) is 5.32 Å². The van der Waals surface area contributed by atoms with Crippen molar-refractivity contribution in [2.45, 2.75) is 6.04 Å². The van der Waals surface area contributed by atoms with Crippen LogP contribution in [0.5, 0.6) is 0 Å². The number of rotatable bonds is 5. The molecule has 0 saturated carbocycles. The van der Waals surface area contributed by atoms with E-state index in [0.717, 1.165) is 5.56 Å². The Morgan fingerprint density at radius 3 is 2.50 bits per heavy atom. The molecule has 2 aromatic rings. The van der Waals surface area contributed by atoms with Gasteiger partial charge in [-0.2, -0.15) is 0 Å². The van der Waals surface area contributed by atoms with E-state index in [1.54, 1.807) is 19.3 Å². The number of benzene rings is 1. The van der Waals surface area contributed by atoms with Gasteiger partial charge in [0.15, 0.2) is 0 Å². The highest BCUT2D eigenvalue weighted by Crippen LogP contribution is 2.14. The van der Waals surface area contributed by atoms with Crippen molar-refractivity contribution in [3.63, 3.8) is 0 Å². The SMILES string of the molecule is CN(C)C[C@@H](NC(=O)c1ccn(C)c(=O)c1)c1ccccc1. The number of pyridine rings is 1. The number of nitrogens with one attached hydrogen (secondary N) is 1. The van der Waals surface area contributed by atoms with Crippen LogP contribution in [0.2, 0.25) is 0 Å². The van der Waals surface area contributed by atoms with E-state index in [4.69, 9.17) is 0 Å². The molecule has 0 spiro atoms. The summed E-state index contributed by atoms with van der Waals surface area (Å²) in [6.45, 7) is 0.681. The van der Waals surface area contributed by atoms with Crippen LogP contribution in [0.25, 0.3) is 0 Å². The molecule has 1 aromatic heterocycles. The van der Waals surface area contributed by atoms with Crippen LogP contribution in [-0.4, -0.2) is 36.0 Å². The first kappa shape index (κ1) is 16.0. The first-order valence-electron chi connectivity index (χ1n) is 7.14. The zero-order chi connectivity index (χ0) is 16.1. The molecule has 0 aliphatic heterocycles. The van der Waals surface area contributed by atoms with E-state index in [9.17, 15) is 9.59 Å². The number of hydrogen-bond donors (Lipinski definition) is 1. The molecule has 1 heterocycles. The van der Waals surface area contributed by atoms with Crippen molar-refractivity contribution in [3.8, 4) is 0 Å². The fraction of sp³-hybridized carbons (Fsp3) is 0.294. The molecule has 0 unspecified atom stereocenters. The zero-order valence-electron chi connectivity index (χ0n) is 13.1. The smallest absolute Gasteiger partial charge is 0.252 e. The topological polar surface area (TPSA) is 54.3 Å². The van der Waals surface area contributed by atoms with Gasteiger partial charge in [0.05, 0.1) is 6.04 Å². The molecule has 1 atom stereocenters. The minimum absolute atomic E-state index is 0.132. The number of hydrogen-bond acceptors (Lipinski definition) is 3. The van der Waals surface area contributed by atoms with Crippen LogP contribution in [0.15, 0.2) is 53.5 Å². The van der Waals surface area contributed by atoms with Crippen LogP contribution < -0.4 is 10.9 Å². The summed E-state index contributed by atoms with van der Waals surface area (Å²) in [7, 11) is 5.57. The summed E-state index contributed by atoms with van der Waals surface area (Å²) in [5.41, 5.74) is 1.22. The van der Waals surface area contributed by atoms with Gasteiger partial charge >= 0.3 is 0 Å². The number of carbonyl (C=O) groups is 1. The lowest BCUT2D eigenvalue weighted by atomic mass is 10.1. The summed E-state index contributed by atoms with van der Waals surface area (Å²) < 4.78 is 1.44. The fourth-order valence-corrected chi connectivity index (χ4v) is 2.22. The Hall–Kier alpha value is -2.40. The van der Waals surface area contributed by atoms with E-state index in [0.29, 0.717) is 12.1 Å². The first-order valence-corrected chi connectivity index (χ1v) is 7.14. The van der Waals surface area contributed by atoms with Crippen LogP contribution in [0, 0.1) is 0 Å². The average Bonchev–Trinajstić information content (AvgIpc) is 2.49. The summed E-state index contributed by atoms with van der Waals surface area (Å²) in [5.74, 6) is -0.242. The number of aromatic nitrogens is 1. The highest BCUT2D eigenvalue weighted by atomic mass is 16.2. The molecule has 0 bridgehead atoms. The summed E-state index contributed by atoms with van der Waals surface area (Å²) in [6.07, 6.45) is 1.60. The molecule has 2 rings (SSSR count). The lowest BCUT2D eigenvalue weighted by Crippen LogP contribution is -2.35. The molecule has 22 heavy (non-hydrogen) atoms. The molecule has 5 nitrogen and oxygen atoms in total. The maximum atomic E-state index is 12.4. The molecule has 0 aliphatic carbocycles. The van der Waals surface area contributed by atoms with E-state index >= 15 is 0 Å². The Balaban J connectivity index is 2.21. The Bertz CT molecular complexity index is 693. The number of aryl methyl sites for hydroxylation is 1. The van der Waals surface area contributed by atoms with E-state index in [1.807, 2.05) is 49.3 Å². The molecule has 5 heteroatoms. The molecule has 0 fully saturated rings. The van der Waals surface area contributed by atoms with Crippen molar-refractivity contribution in [1.29, 1.82) is 0 Å². The Morgan fingerprint density at radius 2 is 1.91 bits per heavy atom. The number of likely N-dealkylation sites (N-methyl/N-ethyl adjacent to an activating group) is 1. The third kappa shape index (κ3) is 4.05. The second kappa shape index (κ2) is 7.04. The zero-order valence-corrected chi connectivity index (χ0v) is 13.1. The average molecular weight is 299 g/mol. The van der Waals surface area contributed by atoms with Gasteiger partial charge in [0, 0.05) is 31.4 Å². The summed E-state index contributed by atoms with van der Waals surface area (Å²) in [6, 6.07) is 12.7. The van der Waals surface area contributed by atoms with Gasteiger partial charge in [-0.25, -0.2) is 0 Å². The van der Waals surface area contributed by atoms with E-state index in [-0.39, 0.29) is 17.5 Å². The predicted octanol–water partition coefficient (Wildman–Crippen LogP) is 1.42. The molecule has 1 aromatic carbocycles. The van der Waals surface area contributed by atoms with Gasteiger partial charge in [-0.15, -0.1) is 0 Å². The van der Waals surface area contributed by atoms with Crippen molar-refractivity contribution < 1.29 is 4.79 Å². The van der Waals surface area contributed by atoms with E-state index < -0.39 is 0 Å². The standard InChI is InChI=1S/C17H21N3O2/c1-19(2)12-15(13-7-5-4-6-8-13)18-17(22)14-9-10-20(3)16(21)11-14/h4-11,15H,12H2,1-3H3,(H,18,22)/t15-/m1/s1. The minimum atomic E-state index is -0.242. The predicted molar refractivity (Wildman–Crippen MR) is 86.9 cm³/mol. The van der Waals surface area contributed by atoms with Crippen molar-refractivity contribution in [1.82, 2.24) is 14.8 Å². The first-order chi connectivity index (χ1) is 10.5. The third-order valence-electron chi connectivity index (χ3n) is 3.42. The Morgan fingerprint density at radius 1 is 1.23 bits per heavy atom. The van der Waals surface area contributed by atoms with Crippen molar-refractivity contribution in [3.05, 3.63) is 70.1 Å². The molecule has 0 saturated heterocycles. The van der Waals surface area contributed by atoms with Crippen LogP contribution in [0.1, 0.15) is 22.0 Å². The van der Waals surface area contributed by atoms with E-state index in [1.165, 1.54) is 10.6 Å². The highest BCUT2D eigenvalue weighted by Gasteiger charge is 2.16. The van der Waals surface area contributed by atoms with Gasteiger partial charge in [0.25, 0.3) is 11.5 Å². The summed E-state index contributed by atoms with van der Waals surface area (Å²) in [5, 5.41) is 3.00. The van der Waals surface area contributed by atoms with Crippen LogP contribution in [0.4, 0.5) is 0 Å². The van der Waals surface area contributed by atoms with Crippen LogP contribution in [-0.2, 0) is 7.05 Å². The third-order valence-corrected chi connectivity index (χ3v) is 3.42. The summed E-state index contributed by atoms with van der Waals surface area (Å²) in [4.78, 5) is 26.1. The van der Waals surface area contributed by atoms with Crippen molar-refractivity contribution in [2.75, 3.05) is 20.6 Å². The van der Waals surface area contributed by atoms with Gasteiger partial charge in [0.2, 0.25) is 0 Å². The quantitative estimate of drug-likeness (QED) is 0.908. The highest BCUT2D eigenvalue weighted by molar-refractivity contribution is 5.94. The Labute approximate surface area is 130 Å². The van der Waals surface area contributed by atoms with Gasteiger partial charge in [-0.05, 0) is 25.7 Å². The summed E-state index contributed by atoms with van der Waals surface area (Å²) >= 11 is 0. The van der Waals surface area contributed by atoms with Crippen molar-refractivity contribution in [2.24, 2.45) is 7.05 Å². The lowest BCUT2D eigenvalue weighted by Gasteiger charge is -2.23. The molecule has 0 radical (unpaired) electrons. The Kier molecular flexibility index (Phi) is 5.12. The van der Waals surface area contributed by atoms with Gasteiger partial charge in [-0.3, -0.25) is 9.59 Å². The fourth-order valence-electron chi connectivity index (χ4n) is 2.22. The van der Waals surface area contributed by atoms with Gasteiger partial charge in [0.1, 0.15) is 0 Å².